The van der Waals surface area contributed by atoms with Crippen LogP contribution in [0.1, 0.15) is 56.8 Å². The summed E-state index contributed by atoms with van der Waals surface area (Å²) in [5.74, 6) is 0.239. The SMILES string of the molecule is CC(=O)c1cc([N+](=O)[O-])ccc1OC1CCC(C)(C)CC1. The molecule has 0 radical (unpaired) electrons. The van der Waals surface area contributed by atoms with E-state index in [1.165, 1.54) is 25.1 Å². The summed E-state index contributed by atoms with van der Waals surface area (Å²) in [5.41, 5.74) is 0.546. The molecule has 1 fully saturated rings. The Morgan fingerprint density at radius 2 is 1.95 bits per heavy atom. The Hall–Kier alpha value is -1.91. The fourth-order valence-electron chi connectivity index (χ4n) is 2.68. The second-order valence-electron chi connectivity index (χ2n) is 6.48. The van der Waals surface area contributed by atoms with E-state index >= 15 is 0 Å². The molecule has 0 aromatic heterocycles. The molecular formula is C16H21NO4. The monoisotopic (exact) mass is 291 g/mol. The Bertz CT molecular complexity index is 555. The number of ketones is 1. The molecule has 5 heteroatoms. The Kier molecular flexibility index (Phi) is 4.30. The molecule has 0 atom stereocenters. The van der Waals surface area contributed by atoms with E-state index in [2.05, 4.69) is 13.8 Å². The number of non-ortho nitro benzene ring substituents is 1. The summed E-state index contributed by atoms with van der Waals surface area (Å²) in [7, 11) is 0. The molecule has 0 saturated heterocycles. The van der Waals surface area contributed by atoms with Crippen molar-refractivity contribution >= 4 is 11.5 Å². The maximum absolute atomic E-state index is 11.7. The molecule has 0 aliphatic heterocycles. The van der Waals surface area contributed by atoms with Gasteiger partial charge < -0.3 is 4.74 Å². The Balaban J connectivity index is 2.16. The lowest BCUT2D eigenvalue weighted by Crippen LogP contribution is -2.28. The molecule has 1 saturated carbocycles. The number of rotatable bonds is 4. The van der Waals surface area contributed by atoms with E-state index in [1.807, 2.05) is 0 Å². The lowest BCUT2D eigenvalue weighted by Gasteiger charge is -2.34. The molecule has 114 valence electrons. The summed E-state index contributed by atoms with van der Waals surface area (Å²) < 4.78 is 5.93. The van der Waals surface area contributed by atoms with Gasteiger partial charge in [-0.1, -0.05) is 13.8 Å². The van der Waals surface area contributed by atoms with E-state index in [0.717, 1.165) is 25.7 Å². The topological polar surface area (TPSA) is 69.4 Å². The van der Waals surface area contributed by atoms with Crippen LogP contribution in [0.3, 0.4) is 0 Å². The minimum absolute atomic E-state index is 0.0811. The number of hydrogen-bond donors (Lipinski definition) is 0. The van der Waals surface area contributed by atoms with Crippen LogP contribution in [0.5, 0.6) is 5.75 Å². The number of nitrogens with zero attached hydrogens (tertiary/aromatic N) is 1. The largest absolute Gasteiger partial charge is 0.490 e. The van der Waals surface area contributed by atoms with Crippen LogP contribution in [0.15, 0.2) is 18.2 Å². The van der Waals surface area contributed by atoms with Crippen molar-refractivity contribution in [3.05, 3.63) is 33.9 Å². The van der Waals surface area contributed by atoms with Gasteiger partial charge in [-0.05, 0) is 44.1 Å². The summed E-state index contributed by atoms with van der Waals surface area (Å²) in [6.45, 7) is 5.89. The standard InChI is InChI=1S/C16H21NO4/c1-11(18)14-10-12(17(19)20)4-5-15(14)21-13-6-8-16(2,3)9-7-13/h4-5,10,13H,6-9H2,1-3H3. The van der Waals surface area contributed by atoms with Gasteiger partial charge in [-0.2, -0.15) is 0 Å². The zero-order valence-corrected chi connectivity index (χ0v) is 12.7. The van der Waals surface area contributed by atoms with Crippen molar-refractivity contribution in [2.45, 2.75) is 52.6 Å². The van der Waals surface area contributed by atoms with E-state index in [-0.39, 0.29) is 23.1 Å². The zero-order chi connectivity index (χ0) is 15.6. The number of nitro benzene ring substituents is 1. The minimum Gasteiger partial charge on any atom is -0.490 e. The molecule has 2 rings (SSSR count). The van der Waals surface area contributed by atoms with Crippen LogP contribution in [0.25, 0.3) is 0 Å². The average molecular weight is 291 g/mol. The van der Waals surface area contributed by atoms with Gasteiger partial charge in [0, 0.05) is 12.1 Å². The highest BCUT2D eigenvalue weighted by Gasteiger charge is 2.28. The summed E-state index contributed by atoms with van der Waals surface area (Å²) >= 11 is 0. The smallest absolute Gasteiger partial charge is 0.270 e. The Morgan fingerprint density at radius 1 is 1.33 bits per heavy atom. The molecule has 21 heavy (non-hydrogen) atoms. The number of hydrogen-bond acceptors (Lipinski definition) is 4. The van der Waals surface area contributed by atoms with Crippen molar-refractivity contribution in [3.63, 3.8) is 0 Å². The number of carbonyl (C=O) groups is 1. The molecule has 1 aliphatic rings. The zero-order valence-electron chi connectivity index (χ0n) is 12.7. The highest BCUT2D eigenvalue weighted by Crippen LogP contribution is 2.37. The molecule has 0 N–H and O–H groups in total. The second kappa shape index (κ2) is 5.84. The predicted molar refractivity (Wildman–Crippen MR) is 79.8 cm³/mol. The molecule has 0 heterocycles. The average Bonchev–Trinajstić information content (AvgIpc) is 2.41. The van der Waals surface area contributed by atoms with Gasteiger partial charge in [-0.3, -0.25) is 14.9 Å². The van der Waals surface area contributed by atoms with Crippen molar-refractivity contribution in [3.8, 4) is 5.75 Å². The van der Waals surface area contributed by atoms with Gasteiger partial charge in [0.25, 0.3) is 5.69 Å². The fraction of sp³-hybridized carbons (Fsp3) is 0.562. The van der Waals surface area contributed by atoms with Crippen molar-refractivity contribution < 1.29 is 14.5 Å². The van der Waals surface area contributed by atoms with Gasteiger partial charge in [0.1, 0.15) is 5.75 Å². The first kappa shape index (κ1) is 15.5. The molecule has 0 spiro atoms. The van der Waals surface area contributed by atoms with Crippen LogP contribution in [-0.2, 0) is 0 Å². The van der Waals surface area contributed by atoms with Gasteiger partial charge in [-0.15, -0.1) is 0 Å². The lowest BCUT2D eigenvalue weighted by atomic mass is 9.76. The summed E-state index contributed by atoms with van der Waals surface area (Å²) in [6.07, 6.45) is 4.14. The van der Waals surface area contributed by atoms with Gasteiger partial charge >= 0.3 is 0 Å². The van der Waals surface area contributed by atoms with Crippen molar-refractivity contribution in [2.75, 3.05) is 0 Å². The van der Waals surface area contributed by atoms with Crippen LogP contribution >= 0.6 is 0 Å². The summed E-state index contributed by atoms with van der Waals surface area (Å²) in [5, 5.41) is 10.8. The first-order valence-electron chi connectivity index (χ1n) is 7.24. The van der Waals surface area contributed by atoms with Gasteiger partial charge in [0.2, 0.25) is 0 Å². The quantitative estimate of drug-likeness (QED) is 0.475. The van der Waals surface area contributed by atoms with E-state index in [1.54, 1.807) is 0 Å². The normalized spacial score (nSPS) is 18.2. The molecule has 1 aliphatic carbocycles. The highest BCUT2D eigenvalue weighted by atomic mass is 16.6. The summed E-state index contributed by atoms with van der Waals surface area (Å²) in [4.78, 5) is 22.0. The third-order valence-electron chi connectivity index (χ3n) is 4.13. The molecule has 5 nitrogen and oxygen atoms in total. The van der Waals surface area contributed by atoms with E-state index < -0.39 is 4.92 Å². The van der Waals surface area contributed by atoms with E-state index in [4.69, 9.17) is 4.74 Å². The predicted octanol–water partition coefficient (Wildman–Crippen LogP) is 4.15. The van der Waals surface area contributed by atoms with Gasteiger partial charge in [0.05, 0.1) is 16.6 Å². The number of ether oxygens (including phenoxy) is 1. The lowest BCUT2D eigenvalue weighted by molar-refractivity contribution is -0.384. The van der Waals surface area contributed by atoms with E-state index in [9.17, 15) is 14.9 Å². The molecule has 0 unspecified atom stereocenters. The molecule has 1 aromatic carbocycles. The van der Waals surface area contributed by atoms with Crippen LogP contribution in [0.2, 0.25) is 0 Å². The van der Waals surface area contributed by atoms with Crippen LogP contribution in [-0.4, -0.2) is 16.8 Å². The van der Waals surface area contributed by atoms with Crippen LogP contribution < -0.4 is 4.74 Å². The van der Waals surface area contributed by atoms with Gasteiger partial charge in [-0.25, -0.2) is 0 Å². The van der Waals surface area contributed by atoms with Crippen molar-refractivity contribution in [1.82, 2.24) is 0 Å². The minimum atomic E-state index is -0.501. The molecule has 1 aromatic rings. The number of nitro groups is 1. The Morgan fingerprint density at radius 3 is 2.48 bits per heavy atom. The van der Waals surface area contributed by atoms with Crippen LogP contribution in [0, 0.1) is 15.5 Å². The third kappa shape index (κ3) is 3.80. The Labute approximate surface area is 124 Å². The van der Waals surface area contributed by atoms with Gasteiger partial charge in [0.15, 0.2) is 5.78 Å². The second-order valence-corrected chi connectivity index (χ2v) is 6.48. The first-order valence-corrected chi connectivity index (χ1v) is 7.24. The number of Topliss-reactive ketones (excluding diaryl/α,β-unsaturated/α-hetero) is 1. The van der Waals surface area contributed by atoms with Crippen molar-refractivity contribution in [2.24, 2.45) is 5.41 Å². The van der Waals surface area contributed by atoms with Crippen molar-refractivity contribution in [1.29, 1.82) is 0 Å². The molecular weight excluding hydrogens is 270 g/mol. The fourth-order valence-corrected chi connectivity index (χ4v) is 2.68. The van der Waals surface area contributed by atoms with Crippen LogP contribution in [0.4, 0.5) is 5.69 Å². The third-order valence-corrected chi connectivity index (χ3v) is 4.13. The number of carbonyl (C=O) groups excluding carboxylic acids is 1. The molecule has 0 bridgehead atoms. The van der Waals surface area contributed by atoms with E-state index in [0.29, 0.717) is 11.2 Å². The maximum atomic E-state index is 11.7. The molecule has 0 amide bonds. The highest BCUT2D eigenvalue weighted by molar-refractivity contribution is 5.97. The first-order chi connectivity index (χ1) is 9.78. The maximum Gasteiger partial charge on any atom is 0.270 e. The summed E-state index contributed by atoms with van der Waals surface area (Å²) in [6, 6.07) is 4.22. The number of benzene rings is 1.